The average molecular weight is 282 g/mol. The van der Waals surface area contributed by atoms with Gasteiger partial charge in [-0.15, -0.1) is 0 Å². The van der Waals surface area contributed by atoms with E-state index in [9.17, 15) is 4.79 Å². The summed E-state index contributed by atoms with van der Waals surface area (Å²) in [7, 11) is 0. The standard InChI is InChI=1S/C16H30N2O2/c1-5-7-14-17-15(11(3)4)16(19)18(14)10-12-8-9-20-13(12)6-2/h11-15,17H,5-10H2,1-4H3. The van der Waals surface area contributed by atoms with Crippen molar-refractivity contribution in [1.29, 1.82) is 0 Å². The van der Waals surface area contributed by atoms with Crippen molar-refractivity contribution in [3.05, 3.63) is 0 Å². The Morgan fingerprint density at radius 3 is 2.75 bits per heavy atom. The number of hydrogen-bond donors (Lipinski definition) is 1. The monoisotopic (exact) mass is 282 g/mol. The fraction of sp³-hybridized carbons (Fsp3) is 0.938. The summed E-state index contributed by atoms with van der Waals surface area (Å²) in [5.41, 5.74) is 0. The van der Waals surface area contributed by atoms with E-state index >= 15 is 0 Å². The Labute approximate surface area is 123 Å². The van der Waals surface area contributed by atoms with Gasteiger partial charge in [-0.05, 0) is 25.2 Å². The number of ether oxygens (including phenoxy) is 1. The highest BCUT2D eigenvalue weighted by molar-refractivity contribution is 5.84. The zero-order valence-electron chi connectivity index (χ0n) is 13.4. The zero-order valence-corrected chi connectivity index (χ0v) is 13.4. The molecule has 0 aromatic rings. The predicted molar refractivity (Wildman–Crippen MR) is 80.3 cm³/mol. The maximum atomic E-state index is 12.6. The van der Waals surface area contributed by atoms with Crippen molar-refractivity contribution in [2.45, 2.75) is 71.7 Å². The van der Waals surface area contributed by atoms with Gasteiger partial charge in [0.2, 0.25) is 5.91 Å². The third-order valence-corrected chi connectivity index (χ3v) is 4.71. The van der Waals surface area contributed by atoms with E-state index in [1.54, 1.807) is 0 Å². The lowest BCUT2D eigenvalue weighted by atomic mass is 9.98. The molecule has 0 radical (unpaired) electrons. The molecule has 0 spiro atoms. The fourth-order valence-corrected chi connectivity index (χ4v) is 3.51. The minimum Gasteiger partial charge on any atom is -0.378 e. The van der Waals surface area contributed by atoms with Gasteiger partial charge in [0.15, 0.2) is 0 Å². The van der Waals surface area contributed by atoms with Crippen LogP contribution in [0.15, 0.2) is 0 Å². The van der Waals surface area contributed by atoms with Crippen molar-refractivity contribution < 1.29 is 9.53 Å². The molecule has 4 nitrogen and oxygen atoms in total. The van der Waals surface area contributed by atoms with Crippen LogP contribution < -0.4 is 5.32 Å². The van der Waals surface area contributed by atoms with Gasteiger partial charge in [0.05, 0.1) is 18.3 Å². The molecular weight excluding hydrogens is 252 g/mol. The molecule has 1 amide bonds. The van der Waals surface area contributed by atoms with Crippen molar-refractivity contribution in [3.8, 4) is 0 Å². The van der Waals surface area contributed by atoms with Gasteiger partial charge in [0.25, 0.3) is 0 Å². The summed E-state index contributed by atoms with van der Waals surface area (Å²) < 4.78 is 5.77. The lowest BCUT2D eigenvalue weighted by molar-refractivity contribution is -0.131. The first-order valence-electron chi connectivity index (χ1n) is 8.26. The van der Waals surface area contributed by atoms with E-state index in [1.165, 1.54) is 0 Å². The largest absolute Gasteiger partial charge is 0.378 e. The summed E-state index contributed by atoms with van der Waals surface area (Å²) in [6.45, 7) is 10.3. The Morgan fingerprint density at radius 2 is 2.15 bits per heavy atom. The Morgan fingerprint density at radius 1 is 1.40 bits per heavy atom. The van der Waals surface area contributed by atoms with E-state index < -0.39 is 0 Å². The van der Waals surface area contributed by atoms with Crippen LogP contribution in [0.3, 0.4) is 0 Å². The molecule has 2 fully saturated rings. The van der Waals surface area contributed by atoms with Crippen LogP contribution in [0.5, 0.6) is 0 Å². The first-order valence-corrected chi connectivity index (χ1v) is 8.26. The minimum absolute atomic E-state index is 0.00560. The molecule has 4 atom stereocenters. The number of carbonyl (C=O) groups is 1. The highest BCUT2D eigenvalue weighted by atomic mass is 16.5. The highest BCUT2D eigenvalue weighted by Crippen LogP contribution is 2.28. The lowest BCUT2D eigenvalue weighted by Crippen LogP contribution is -2.41. The second-order valence-electron chi connectivity index (χ2n) is 6.55. The van der Waals surface area contributed by atoms with E-state index in [1.807, 2.05) is 0 Å². The van der Waals surface area contributed by atoms with Gasteiger partial charge >= 0.3 is 0 Å². The van der Waals surface area contributed by atoms with Crippen LogP contribution in [-0.4, -0.2) is 42.3 Å². The van der Waals surface area contributed by atoms with Crippen LogP contribution in [0.2, 0.25) is 0 Å². The van der Waals surface area contributed by atoms with Gasteiger partial charge in [-0.25, -0.2) is 0 Å². The number of amides is 1. The summed E-state index contributed by atoms with van der Waals surface area (Å²) in [6, 6.07) is -0.00560. The molecule has 0 aromatic carbocycles. The summed E-state index contributed by atoms with van der Waals surface area (Å²) in [6.07, 6.45) is 4.84. The average Bonchev–Trinajstić information content (AvgIpc) is 2.98. The van der Waals surface area contributed by atoms with E-state index in [0.29, 0.717) is 23.8 Å². The molecule has 1 N–H and O–H groups in total. The Bertz CT molecular complexity index is 332. The molecule has 0 aliphatic carbocycles. The molecule has 2 rings (SSSR count). The molecule has 2 saturated heterocycles. The van der Waals surface area contributed by atoms with E-state index in [-0.39, 0.29) is 12.2 Å². The van der Waals surface area contributed by atoms with Crippen LogP contribution in [0.1, 0.15) is 53.4 Å². The van der Waals surface area contributed by atoms with Crippen molar-refractivity contribution in [2.24, 2.45) is 11.8 Å². The molecule has 0 saturated carbocycles. The smallest absolute Gasteiger partial charge is 0.241 e. The molecule has 4 heteroatoms. The summed E-state index contributed by atoms with van der Waals surface area (Å²) in [5.74, 6) is 1.16. The SMILES string of the molecule is CCCC1NC(C(C)C)C(=O)N1CC1CCOC1CC. The molecular formula is C16H30N2O2. The van der Waals surface area contributed by atoms with Gasteiger partial charge in [-0.1, -0.05) is 34.1 Å². The summed E-state index contributed by atoms with van der Waals surface area (Å²) in [5, 5.41) is 3.53. The van der Waals surface area contributed by atoms with Gasteiger partial charge in [0.1, 0.15) is 0 Å². The second kappa shape index (κ2) is 6.90. The molecule has 116 valence electrons. The van der Waals surface area contributed by atoms with Crippen LogP contribution in [-0.2, 0) is 9.53 Å². The quantitative estimate of drug-likeness (QED) is 0.813. The molecule has 0 bridgehead atoms. The van der Waals surface area contributed by atoms with E-state index in [2.05, 4.69) is 37.9 Å². The molecule has 20 heavy (non-hydrogen) atoms. The van der Waals surface area contributed by atoms with Crippen LogP contribution in [0.4, 0.5) is 0 Å². The van der Waals surface area contributed by atoms with E-state index in [0.717, 1.165) is 38.8 Å². The second-order valence-corrected chi connectivity index (χ2v) is 6.55. The number of nitrogens with one attached hydrogen (secondary N) is 1. The minimum atomic E-state index is -0.00560. The molecule has 2 aliphatic rings. The Balaban J connectivity index is 2.04. The number of carbonyl (C=O) groups excluding carboxylic acids is 1. The number of nitrogens with zero attached hydrogens (tertiary/aromatic N) is 1. The van der Waals surface area contributed by atoms with Crippen molar-refractivity contribution in [1.82, 2.24) is 10.2 Å². The maximum Gasteiger partial charge on any atom is 0.241 e. The molecule has 0 aromatic heterocycles. The molecule has 2 aliphatic heterocycles. The van der Waals surface area contributed by atoms with E-state index in [4.69, 9.17) is 4.74 Å². The summed E-state index contributed by atoms with van der Waals surface area (Å²) in [4.78, 5) is 14.7. The normalized spacial score (nSPS) is 34.5. The number of hydrogen-bond acceptors (Lipinski definition) is 3. The Hall–Kier alpha value is -0.610. The van der Waals surface area contributed by atoms with Gasteiger partial charge in [0, 0.05) is 19.1 Å². The zero-order chi connectivity index (χ0) is 14.7. The van der Waals surface area contributed by atoms with Crippen LogP contribution >= 0.6 is 0 Å². The Kier molecular flexibility index (Phi) is 5.44. The van der Waals surface area contributed by atoms with Crippen molar-refractivity contribution >= 4 is 5.91 Å². The first kappa shape index (κ1) is 15.8. The van der Waals surface area contributed by atoms with Gasteiger partial charge in [-0.3, -0.25) is 10.1 Å². The lowest BCUT2D eigenvalue weighted by Gasteiger charge is -2.28. The molecule has 2 heterocycles. The molecule has 4 unspecified atom stereocenters. The fourth-order valence-electron chi connectivity index (χ4n) is 3.51. The van der Waals surface area contributed by atoms with Crippen molar-refractivity contribution in [3.63, 3.8) is 0 Å². The predicted octanol–water partition coefficient (Wildman–Crippen LogP) is 2.38. The van der Waals surface area contributed by atoms with Crippen molar-refractivity contribution in [2.75, 3.05) is 13.2 Å². The third kappa shape index (κ3) is 3.17. The summed E-state index contributed by atoms with van der Waals surface area (Å²) >= 11 is 0. The number of rotatable bonds is 6. The topological polar surface area (TPSA) is 41.6 Å². The van der Waals surface area contributed by atoms with Gasteiger partial charge in [-0.2, -0.15) is 0 Å². The first-order chi connectivity index (χ1) is 9.58. The van der Waals surface area contributed by atoms with Crippen LogP contribution in [0, 0.1) is 11.8 Å². The van der Waals surface area contributed by atoms with Gasteiger partial charge < -0.3 is 9.64 Å². The highest BCUT2D eigenvalue weighted by Gasteiger charge is 2.42. The maximum absolute atomic E-state index is 12.6. The van der Waals surface area contributed by atoms with Crippen LogP contribution in [0.25, 0.3) is 0 Å². The third-order valence-electron chi connectivity index (χ3n) is 4.71.